The number of fused-ring (bicyclic) bond motifs is 1. The van der Waals surface area contributed by atoms with E-state index in [2.05, 4.69) is 9.97 Å². The Morgan fingerprint density at radius 1 is 1.20 bits per heavy atom. The summed E-state index contributed by atoms with van der Waals surface area (Å²) >= 11 is 6.01. The van der Waals surface area contributed by atoms with Crippen LogP contribution >= 0.6 is 11.6 Å². The fourth-order valence-corrected chi connectivity index (χ4v) is 4.41. The Morgan fingerprint density at radius 2 is 1.93 bits per heavy atom. The molecular weight excluding hydrogens is 426 g/mol. The molecule has 0 saturated heterocycles. The van der Waals surface area contributed by atoms with Crippen LogP contribution < -0.4 is 5.56 Å². The quantitative estimate of drug-likeness (QED) is 0.624. The summed E-state index contributed by atoms with van der Waals surface area (Å²) in [6, 6.07) is 9.43. The molecule has 0 bridgehead atoms. The number of aryl methyl sites for hydroxylation is 1. The second-order valence-electron chi connectivity index (χ2n) is 7.15. The number of sulfone groups is 1. The molecule has 3 aromatic rings. The molecule has 0 radical (unpaired) electrons. The van der Waals surface area contributed by atoms with Crippen molar-refractivity contribution in [2.24, 2.45) is 0 Å². The van der Waals surface area contributed by atoms with E-state index in [0.29, 0.717) is 40.3 Å². The average Bonchev–Trinajstić information content (AvgIpc) is 2.66. The fraction of sp³-hybridized carbons (Fsp3) is 0.286. The Kier molecular flexibility index (Phi) is 6.28. The van der Waals surface area contributed by atoms with Crippen LogP contribution in [0.5, 0.6) is 0 Å². The normalized spacial score (nSPS) is 11.6. The number of carbonyl (C=O) groups excluding carboxylic acids is 1. The highest BCUT2D eigenvalue weighted by atomic mass is 35.5. The van der Waals surface area contributed by atoms with E-state index in [-0.39, 0.29) is 28.5 Å². The lowest BCUT2D eigenvalue weighted by atomic mass is 10.1. The number of H-pyrrole nitrogens is 1. The van der Waals surface area contributed by atoms with Crippen LogP contribution in [0.2, 0.25) is 5.02 Å². The van der Waals surface area contributed by atoms with Gasteiger partial charge < -0.3 is 9.88 Å². The van der Waals surface area contributed by atoms with Crippen molar-refractivity contribution in [1.82, 2.24) is 14.9 Å². The number of aromatic amines is 1. The van der Waals surface area contributed by atoms with Crippen LogP contribution in [0.3, 0.4) is 0 Å². The van der Waals surface area contributed by atoms with Crippen LogP contribution in [0.15, 0.2) is 46.1 Å². The SMILES string of the molecule is CCCN(Cc1nc2cc(Cl)ccc2c(=O)[nH]1)C(=O)c1ccc(C)c(S(C)(=O)=O)c1. The number of carbonyl (C=O) groups is 1. The zero-order valence-corrected chi connectivity index (χ0v) is 18.5. The van der Waals surface area contributed by atoms with Gasteiger partial charge in [0.05, 0.1) is 22.3 Å². The van der Waals surface area contributed by atoms with E-state index in [1.54, 1.807) is 37.3 Å². The molecule has 0 atom stereocenters. The Labute approximate surface area is 179 Å². The number of amides is 1. The van der Waals surface area contributed by atoms with Gasteiger partial charge in [-0.2, -0.15) is 0 Å². The van der Waals surface area contributed by atoms with Crippen LogP contribution in [-0.4, -0.2) is 42.0 Å². The summed E-state index contributed by atoms with van der Waals surface area (Å²) in [4.78, 5) is 34.3. The fourth-order valence-electron chi connectivity index (χ4n) is 3.25. The predicted molar refractivity (Wildman–Crippen MR) is 117 cm³/mol. The van der Waals surface area contributed by atoms with Crippen molar-refractivity contribution in [3.8, 4) is 0 Å². The molecule has 2 aromatic carbocycles. The van der Waals surface area contributed by atoms with Gasteiger partial charge in [-0.3, -0.25) is 9.59 Å². The number of nitrogens with zero attached hydrogens (tertiary/aromatic N) is 2. The molecule has 3 rings (SSSR count). The largest absolute Gasteiger partial charge is 0.331 e. The summed E-state index contributed by atoms with van der Waals surface area (Å²) in [7, 11) is -3.46. The molecule has 1 aromatic heterocycles. The van der Waals surface area contributed by atoms with E-state index in [1.165, 1.54) is 11.0 Å². The number of benzene rings is 2. The maximum atomic E-state index is 13.1. The highest BCUT2D eigenvalue weighted by Crippen LogP contribution is 2.19. The van der Waals surface area contributed by atoms with Gasteiger partial charge in [-0.15, -0.1) is 0 Å². The van der Waals surface area contributed by atoms with Crippen LogP contribution in [0.4, 0.5) is 0 Å². The van der Waals surface area contributed by atoms with Gasteiger partial charge in [-0.25, -0.2) is 13.4 Å². The third-order valence-corrected chi connectivity index (χ3v) is 6.15. The maximum Gasteiger partial charge on any atom is 0.258 e. The van der Waals surface area contributed by atoms with Gasteiger partial charge in [0.15, 0.2) is 9.84 Å². The van der Waals surface area contributed by atoms with Crippen molar-refractivity contribution in [1.29, 1.82) is 0 Å². The van der Waals surface area contributed by atoms with Gasteiger partial charge in [0.1, 0.15) is 5.82 Å². The minimum absolute atomic E-state index is 0.0758. The number of nitrogens with one attached hydrogen (secondary N) is 1. The van der Waals surface area contributed by atoms with E-state index >= 15 is 0 Å². The predicted octanol–water partition coefficient (Wildman–Crippen LogP) is 3.34. The van der Waals surface area contributed by atoms with Gasteiger partial charge >= 0.3 is 0 Å². The molecule has 0 aliphatic heterocycles. The molecule has 9 heteroatoms. The molecule has 1 heterocycles. The van der Waals surface area contributed by atoms with Crippen molar-refractivity contribution in [2.45, 2.75) is 31.7 Å². The lowest BCUT2D eigenvalue weighted by Crippen LogP contribution is -2.33. The van der Waals surface area contributed by atoms with Crippen molar-refractivity contribution >= 4 is 38.2 Å². The minimum Gasteiger partial charge on any atom is -0.331 e. The Morgan fingerprint density at radius 3 is 2.60 bits per heavy atom. The smallest absolute Gasteiger partial charge is 0.258 e. The maximum absolute atomic E-state index is 13.1. The number of halogens is 1. The van der Waals surface area contributed by atoms with Crippen LogP contribution in [0.1, 0.15) is 35.1 Å². The van der Waals surface area contributed by atoms with Crippen LogP contribution in [0.25, 0.3) is 10.9 Å². The minimum atomic E-state index is -3.46. The van der Waals surface area contributed by atoms with E-state index in [1.807, 2.05) is 6.92 Å². The van der Waals surface area contributed by atoms with Gasteiger partial charge in [0.25, 0.3) is 11.5 Å². The topological polar surface area (TPSA) is 100 Å². The lowest BCUT2D eigenvalue weighted by molar-refractivity contribution is 0.0738. The van der Waals surface area contributed by atoms with Gasteiger partial charge in [-0.1, -0.05) is 24.6 Å². The molecule has 0 spiro atoms. The first-order chi connectivity index (χ1) is 14.1. The molecule has 158 valence electrons. The molecule has 1 N–H and O–H groups in total. The summed E-state index contributed by atoms with van der Waals surface area (Å²) in [5.74, 6) is -0.0115. The van der Waals surface area contributed by atoms with Crippen molar-refractivity contribution in [3.63, 3.8) is 0 Å². The summed E-state index contributed by atoms with van der Waals surface area (Å²) in [5, 5.41) is 0.869. The zero-order chi connectivity index (χ0) is 22.1. The molecule has 1 amide bonds. The second kappa shape index (κ2) is 8.57. The number of rotatable bonds is 6. The van der Waals surface area contributed by atoms with E-state index in [9.17, 15) is 18.0 Å². The second-order valence-corrected chi connectivity index (χ2v) is 9.57. The molecule has 30 heavy (non-hydrogen) atoms. The standard InChI is InChI=1S/C21H22ClN3O4S/c1-4-9-25(21(27)14-6-5-13(2)18(10-14)30(3,28)29)12-19-23-17-11-15(22)7-8-16(17)20(26)24-19/h5-8,10-11H,4,9,12H2,1-3H3,(H,23,24,26). The lowest BCUT2D eigenvalue weighted by Gasteiger charge is -2.22. The number of hydrogen-bond donors (Lipinski definition) is 1. The zero-order valence-electron chi connectivity index (χ0n) is 16.9. The van der Waals surface area contributed by atoms with Gasteiger partial charge in [0.2, 0.25) is 0 Å². The summed E-state index contributed by atoms with van der Waals surface area (Å²) in [6.45, 7) is 4.10. The Balaban J connectivity index is 1.98. The molecule has 0 aliphatic rings. The molecule has 0 aliphatic carbocycles. The van der Waals surface area contributed by atoms with E-state index < -0.39 is 9.84 Å². The van der Waals surface area contributed by atoms with Gasteiger partial charge in [-0.05, 0) is 49.2 Å². The summed E-state index contributed by atoms with van der Waals surface area (Å²) in [5.41, 5.74) is 0.972. The Hall–Kier alpha value is -2.71. The van der Waals surface area contributed by atoms with E-state index in [4.69, 9.17) is 11.6 Å². The first kappa shape index (κ1) is 22.0. The molecule has 7 nitrogen and oxygen atoms in total. The van der Waals surface area contributed by atoms with Gasteiger partial charge in [0, 0.05) is 23.4 Å². The molecule has 0 fully saturated rings. The number of aromatic nitrogens is 2. The molecule has 0 saturated carbocycles. The van der Waals surface area contributed by atoms with Crippen LogP contribution in [-0.2, 0) is 16.4 Å². The third-order valence-electron chi connectivity index (χ3n) is 4.67. The molecule has 0 unspecified atom stereocenters. The summed E-state index contributed by atoms with van der Waals surface area (Å²) in [6.07, 6.45) is 1.79. The van der Waals surface area contributed by atoms with Crippen molar-refractivity contribution in [3.05, 3.63) is 68.7 Å². The molecular formula is C21H22ClN3O4S. The van der Waals surface area contributed by atoms with Crippen molar-refractivity contribution < 1.29 is 13.2 Å². The average molecular weight is 448 g/mol. The summed E-state index contributed by atoms with van der Waals surface area (Å²) < 4.78 is 24.0. The first-order valence-corrected chi connectivity index (χ1v) is 11.7. The highest BCUT2D eigenvalue weighted by Gasteiger charge is 2.20. The Bertz CT molecular complexity index is 1290. The van der Waals surface area contributed by atoms with Crippen LogP contribution in [0, 0.1) is 6.92 Å². The third kappa shape index (κ3) is 4.71. The first-order valence-electron chi connectivity index (χ1n) is 9.38. The number of hydrogen-bond acceptors (Lipinski definition) is 5. The monoisotopic (exact) mass is 447 g/mol. The van der Waals surface area contributed by atoms with E-state index in [0.717, 1.165) is 6.26 Å². The highest BCUT2D eigenvalue weighted by molar-refractivity contribution is 7.90. The van der Waals surface area contributed by atoms with Crippen molar-refractivity contribution in [2.75, 3.05) is 12.8 Å².